The van der Waals surface area contributed by atoms with Crippen molar-refractivity contribution in [2.45, 2.75) is 25.9 Å². The SMILES string of the molecule is O=C1OCc2ccc(N3C(=O)[C@H]4[C@@H]5CC[C@@H](C(=O)C5)[C@H]4C3=O)cc21. The molecule has 0 radical (unpaired) electrons. The molecule has 0 spiro atoms. The van der Waals surface area contributed by atoms with Crippen LogP contribution in [0.1, 0.15) is 35.2 Å². The number of amides is 2. The van der Waals surface area contributed by atoms with Crippen LogP contribution in [0.25, 0.3) is 0 Å². The average molecular weight is 325 g/mol. The van der Waals surface area contributed by atoms with Crippen molar-refractivity contribution in [1.82, 2.24) is 0 Å². The van der Waals surface area contributed by atoms with Gasteiger partial charge in [-0.25, -0.2) is 4.79 Å². The van der Waals surface area contributed by atoms with Gasteiger partial charge in [-0.15, -0.1) is 0 Å². The van der Waals surface area contributed by atoms with E-state index in [-0.39, 0.29) is 42.0 Å². The Balaban J connectivity index is 1.57. The summed E-state index contributed by atoms with van der Waals surface area (Å²) in [6.07, 6.45) is 1.95. The van der Waals surface area contributed by atoms with Crippen LogP contribution in [0, 0.1) is 23.7 Å². The molecule has 1 aromatic rings. The van der Waals surface area contributed by atoms with Crippen molar-refractivity contribution >= 4 is 29.3 Å². The second-order valence-corrected chi connectivity index (χ2v) is 7.10. The summed E-state index contributed by atoms with van der Waals surface area (Å²) in [7, 11) is 0. The number of carbonyl (C=O) groups excluding carboxylic acids is 4. The van der Waals surface area contributed by atoms with Crippen molar-refractivity contribution in [3.05, 3.63) is 29.3 Å². The minimum absolute atomic E-state index is 0.0201. The van der Waals surface area contributed by atoms with Gasteiger partial charge in [0.15, 0.2) is 0 Å². The first-order valence-corrected chi connectivity index (χ1v) is 8.27. The van der Waals surface area contributed by atoms with Crippen LogP contribution in [0.4, 0.5) is 5.69 Å². The molecule has 2 heterocycles. The lowest BCUT2D eigenvalue weighted by Gasteiger charge is -2.41. The molecule has 3 aliphatic carbocycles. The summed E-state index contributed by atoms with van der Waals surface area (Å²) in [5.74, 6) is -2.06. The van der Waals surface area contributed by atoms with E-state index >= 15 is 0 Å². The number of ether oxygens (including phenoxy) is 1. The van der Waals surface area contributed by atoms with Gasteiger partial charge in [0.2, 0.25) is 11.8 Å². The normalized spacial score (nSPS) is 33.8. The van der Waals surface area contributed by atoms with E-state index in [2.05, 4.69) is 0 Å². The molecule has 0 unspecified atom stereocenters. The zero-order valence-corrected chi connectivity index (χ0v) is 12.9. The number of benzene rings is 1. The van der Waals surface area contributed by atoms with E-state index in [1.165, 1.54) is 4.90 Å². The molecule has 4 atom stereocenters. The summed E-state index contributed by atoms with van der Waals surface area (Å²) in [6, 6.07) is 4.96. The highest BCUT2D eigenvalue weighted by Crippen LogP contribution is 2.52. The molecule has 6 nitrogen and oxygen atoms in total. The fourth-order valence-corrected chi connectivity index (χ4v) is 4.88. The Morgan fingerprint density at radius 1 is 1.00 bits per heavy atom. The van der Waals surface area contributed by atoms with Gasteiger partial charge in [-0.2, -0.15) is 0 Å². The van der Waals surface area contributed by atoms with Crippen molar-refractivity contribution in [1.29, 1.82) is 0 Å². The van der Waals surface area contributed by atoms with Gasteiger partial charge in [0, 0.05) is 17.9 Å². The number of ketones is 1. The fraction of sp³-hybridized carbons (Fsp3) is 0.444. The minimum Gasteiger partial charge on any atom is -0.457 e. The molecule has 0 N–H and O–H groups in total. The Morgan fingerprint density at radius 3 is 2.58 bits per heavy atom. The average Bonchev–Trinajstić information content (AvgIpc) is 3.07. The van der Waals surface area contributed by atoms with Crippen LogP contribution in [0.15, 0.2) is 18.2 Å². The van der Waals surface area contributed by atoms with E-state index in [4.69, 9.17) is 4.74 Å². The maximum atomic E-state index is 12.9. The fourth-order valence-electron chi connectivity index (χ4n) is 4.88. The van der Waals surface area contributed by atoms with Crippen LogP contribution in [-0.4, -0.2) is 23.6 Å². The third kappa shape index (κ3) is 1.60. The number of anilines is 1. The van der Waals surface area contributed by atoms with Crippen molar-refractivity contribution < 1.29 is 23.9 Å². The molecule has 24 heavy (non-hydrogen) atoms. The predicted molar refractivity (Wildman–Crippen MR) is 80.9 cm³/mol. The standard InChI is InChI=1S/C18H15NO5/c20-13-5-8-2-4-11(13)15-14(8)16(21)19(17(15)22)10-3-1-9-7-24-18(23)12(9)6-10/h1,3,6,8,11,14-15H,2,4-5,7H2/t8-,11+,14+,15-/m1/s1. The highest BCUT2D eigenvalue weighted by molar-refractivity contribution is 6.24. The van der Waals surface area contributed by atoms with Crippen molar-refractivity contribution in [3.63, 3.8) is 0 Å². The van der Waals surface area contributed by atoms with Gasteiger partial charge in [0.25, 0.3) is 0 Å². The molecule has 2 amide bonds. The quantitative estimate of drug-likeness (QED) is 0.577. The first kappa shape index (κ1) is 13.9. The van der Waals surface area contributed by atoms with Gasteiger partial charge in [-0.3, -0.25) is 19.3 Å². The number of Topliss-reactive ketones (excluding diaryl/α,β-unsaturated/α-hetero) is 1. The predicted octanol–water partition coefficient (Wildman–Crippen LogP) is 1.46. The number of nitrogens with zero attached hydrogens (tertiary/aromatic N) is 1. The molecule has 0 aromatic heterocycles. The summed E-state index contributed by atoms with van der Waals surface area (Å²) < 4.78 is 4.98. The maximum Gasteiger partial charge on any atom is 0.338 e. The van der Waals surface area contributed by atoms with Crippen LogP contribution in [-0.2, 0) is 25.7 Å². The Kier molecular flexibility index (Phi) is 2.62. The third-order valence-electron chi connectivity index (χ3n) is 6.00. The van der Waals surface area contributed by atoms with Crippen molar-refractivity contribution in [2.24, 2.45) is 23.7 Å². The zero-order chi connectivity index (χ0) is 16.6. The Morgan fingerprint density at radius 2 is 1.79 bits per heavy atom. The summed E-state index contributed by atoms with van der Waals surface area (Å²) in [6.45, 7) is 0.222. The van der Waals surface area contributed by atoms with Crippen LogP contribution in [0.2, 0.25) is 0 Å². The van der Waals surface area contributed by atoms with Gasteiger partial charge in [-0.05, 0) is 30.9 Å². The number of fused-ring (bicyclic) bond motifs is 3. The van der Waals surface area contributed by atoms with E-state index in [0.29, 0.717) is 24.1 Å². The lowest BCUT2D eigenvalue weighted by atomic mass is 9.59. The largest absolute Gasteiger partial charge is 0.457 e. The van der Waals surface area contributed by atoms with Gasteiger partial charge in [0.1, 0.15) is 12.4 Å². The Bertz CT molecular complexity index is 829. The molecular weight excluding hydrogens is 310 g/mol. The first-order valence-electron chi connectivity index (χ1n) is 8.27. The molecule has 4 fully saturated rings. The highest BCUT2D eigenvalue weighted by Gasteiger charge is 2.61. The zero-order valence-electron chi connectivity index (χ0n) is 12.9. The van der Waals surface area contributed by atoms with E-state index in [1.54, 1.807) is 18.2 Å². The number of rotatable bonds is 1. The summed E-state index contributed by atoms with van der Waals surface area (Å²) in [5.41, 5.74) is 1.57. The van der Waals surface area contributed by atoms with E-state index < -0.39 is 11.9 Å². The second kappa shape index (κ2) is 4.53. The number of carbonyl (C=O) groups is 4. The molecule has 6 rings (SSSR count). The summed E-state index contributed by atoms with van der Waals surface area (Å²) in [5, 5.41) is 0. The van der Waals surface area contributed by atoms with Gasteiger partial charge in [-0.1, -0.05) is 6.07 Å². The minimum atomic E-state index is -0.516. The molecule has 1 aromatic carbocycles. The van der Waals surface area contributed by atoms with Gasteiger partial charge >= 0.3 is 5.97 Å². The van der Waals surface area contributed by atoms with Gasteiger partial charge < -0.3 is 4.74 Å². The Hall–Kier alpha value is -2.50. The summed E-state index contributed by atoms with van der Waals surface area (Å²) >= 11 is 0. The summed E-state index contributed by atoms with van der Waals surface area (Å²) in [4.78, 5) is 50.9. The number of imide groups is 1. The highest BCUT2D eigenvalue weighted by atomic mass is 16.5. The monoisotopic (exact) mass is 325 g/mol. The Labute approximate surface area is 137 Å². The number of cyclic esters (lactones) is 1. The van der Waals surface area contributed by atoms with Crippen molar-refractivity contribution in [3.8, 4) is 0 Å². The van der Waals surface area contributed by atoms with Crippen LogP contribution >= 0.6 is 0 Å². The number of hydrogen-bond donors (Lipinski definition) is 0. The molecular formula is C18H15NO5. The second-order valence-electron chi connectivity index (χ2n) is 7.10. The molecule has 122 valence electrons. The number of hydrogen-bond acceptors (Lipinski definition) is 5. The van der Waals surface area contributed by atoms with Crippen LogP contribution in [0.3, 0.4) is 0 Å². The molecule has 2 bridgehead atoms. The first-order chi connectivity index (χ1) is 11.6. The topological polar surface area (TPSA) is 80.8 Å². The molecule has 2 aliphatic heterocycles. The van der Waals surface area contributed by atoms with Gasteiger partial charge in [0.05, 0.1) is 23.1 Å². The smallest absolute Gasteiger partial charge is 0.338 e. The lowest BCUT2D eigenvalue weighted by molar-refractivity contribution is -0.143. The molecule has 3 saturated carbocycles. The van der Waals surface area contributed by atoms with E-state index in [1.807, 2.05) is 0 Å². The van der Waals surface area contributed by atoms with Crippen molar-refractivity contribution in [2.75, 3.05) is 4.90 Å². The maximum absolute atomic E-state index is 12.9. The van der Waals surface area contributed by atoms with E-state index in [9.17, 15) is 19.2 Å². The van der Waals surface area contributed by atoms with Crippen LogP contribution in [0.5, 0.6) is 0 Å². The van der Waals surface area contributed by atoms with E-state index in [0.717, 1.165) is 12.0 Å². The van der Waals surface area contributed by atoms with Crippen LogP contribution < -0.4 is 4.90 Å². The molecule has 6 heteroatoms. The lowest BCUT2D eigenvalue weighted by Crippen LogP contribution is -2.46. The molecule has 5 aliphatic rings. The molecule has 1 saturated heterocycles. The number of esters is 1. The third-order valence-corrected chi connectivity index (χ3v) is 6.00.